The quantitative estimate of drug-likeness (QED) is 0.0444. The van der Waals surface area contributed by atoms with Crippen LogP contribution in [0.4, 0.5) is 0 Å². The third-order valence-electron chi connectivity index (χ3n) is 8.83. The van der Waals surface area contributed by atoms with Crippen molar-refractivity contribution in [2.45, 2.75) is 192 Å². The van der Waals surface area contributed by atoms with Crippen LogP contribution in [0.25, 0.3) is 0 Å². The van der Waals surface area contributed by atoms with E-state index in [1.807, 2.05) is 6.92 Å². The Balaban J connectivity index is 2.40. The van der Waals surface area contributed by atoms with Crippen molar-refractivity contribution in [1.82, 2.24) is 0 Å². The van der Waals surface area contributed by atoms with Gasteiger partial charge in [-0.25, -0.2) is 0 Å². The highest BCUT2D eigenvalue weighted by Crippen LogP contribution is 2.28. The number of methoxy groups -OCH3 is 1. The largest absolute Gasteiger partial charge is 0.470 e. The Morgan fingerprint density at radius 3 is 1.84 bits per heavy atom. The zero-order valence-corrected chi connectivity index (χ0v) is 29.7. The second-order valence-electron chi connectivity index (χ2n) is 12.8. The van der Waals surface area contributed by atoms with Gasteiger partial charge in [0.15, 0.2) is 0 Å². The van der Waals surface area contributed by atoms with Gasteiger partial charge in [-0.2, -0.15) is 0 Å². The molecule has 0 aromatic carbocycles. The first-order valence-corrected chi connectivity index (χ1v) is 18.7. The average Bonchev–Trinajstić information content (AvgIpc) is 3.05. The Morgan fingerprint density at radius 1 is 0.689 bits per heavy atom. The first-order chi connectivity index (χ1) is 22.1. The molecule has 0 radical (unpaired) electrons. The van der Waals surface area contributed by atoms with Gasteiger partial charge in [0.05, 0.1) is 19.0 Å². The van der Waals surface area contributed by atoms with E-state index in [4.69, 9.17) is 23.7 Å². The molecule has 7 heteroatoms. The fourth-order valence-corrected chi connectivity index (χ4v) is 5.93. The van der Waals surface area contributed by atoms with Crippen LogP contribution in [0, 0.1) is 0 Å². The minimum atomic E-state index is -1.01. The van der Waals surface area contributed by atoms with Crippen molar-refractivity contribution in [2.24, 2.45) is 0 Å². The zero-order chi connectivity index (χ0) is 32.8. The van der Waals surface area contributed by atoms with Gasteiger partial charge in [0.2, 0.25) is 6.29 Å². The fourth-order valence-electron chi connectivity index (χ4n) is 5.93. The lowest BCUT2D eigenvalue weighted by molar-refractivity contribution is -0.305. The van der Waals surface area contributed by atoms with Crippen LogP contribution in [0.3, 0.4) is 0 Å². The van der Waals surface area contributed by atoms with Crippen molar-refractivity contribution in [1.29, 1.82) is 0 Å². The topological polar surface area (TPSA) is 86.6 Å². The van der Waals surface area contributed by atoms with E-state index in [0.717, 1.165) is 32.1 Å². The molecule has 7 nitrogen and oxygen atoms in total. The first kappa shape index (κ1) is 42.1. The predicted molar refractivity (Wildman–Crippen MR) is 185 cm³/mol. The van der Waals surface area contributed by atoms with Gasteiger partial charge in [-0.3, -0.25) is 0 Å². The van der Waals surface area contributed by atoms with Crippen LogP contribution in [-0.4, -0.2) is 74.0 Å². The summed E-state index contributed by atoms with van der Waals surface area (Å²) < 4.78 is 30.0. The van der Waals surface area contributed by atoms with Crippen LogP contribution in [0.2, 0.25) is 0 Å². The molecule has 0 aliphatic carbocycles. The van der Waals surface area contributed by atoms with Crippen LogP contribution in [0.15, 0.2) is 24.5 Å². The summed E-state index contributed by atoms with van der Waals surface area (Å²) in [5.74, 6) is 0. The molecule has 1 aliphatic heterocycles. The fraction of sp³-hybridized carbons (Fsp3) is 0.895. The van der Waals surface area contributed by atoms with Gasteiger partial charge in [0.1, 0.15) is 24.4 Å². The standard InChI is InChI=1S/C38H72O7/c1-5-8-10-12-13-14-15-16-17-18-19-20-21-22-24-26-30-42-37-36(35(40)34(32-39)45-38(37)44-29-7-3)43-31-28-33(41-4)27-25-23-11-9-6-2/h7,14-15,29,33-40H,5-6,8-13,16-28,30-32H2,1-4H3/b15-14-,29-7+/t33-,34-,35-,36+,37-,38?/m1/s1. The minimum absolute atomic E-state index is 0.119. The number of rotatable bonds is 31. The van der Waals surface area contributed by atoms with E-state index >= 15 is 0 Å². The molecule has 1 saturated heterocycles. The van der Waals surface area contributed by atoms with Gasteiger partial charge in [-0.15, -0.1) is 0 Å². The Kier molecular flexibility index (Phi) is 28.4. The zero-order valence-electron chi connectivity index (χ0n) is 29.7. The molecule has 2 N–H and O–H groups in total. The van der Waals surface area contributed by atoms with Crippen LogP contribution in [0.5, 0.6) is 0 Å². The van der Waals surface area contributed by atoms with Crippen LogP contribution >= 0.6 is 0 Å². The molecular formula is C38H72O7. The van der Waals surface area contributed by atoms with E-state index < -0.39 is 30.7 Å². The summed E-state index contributed by atoms with van der Waals surface area (Å²) in [6.07, 6.45) is 29.9. The Hall–Kier alpha value is -0.960. The lowest BCUT2D eigenvalue weighted by Crippen LogP contribution is -2.60. The summed E-state index contributed by atoms with van der Waals surface area (Å²) in [5, 5.41) is 20.9. The van der Waals surface area contributed by atoms with E-state index in [1.165, 1.54) is 103 Å². The minimum Gasteiger partial charge on any atom is -0.470 e. The molecule has 1 rings (SSSR count). The summed E-state index contributed by atoms with van der Waals surface area (Å²) in [7, 11) is 1.75. The summed E-state index contributed by atoms with van der Waals surface area (Å²) >= 11 is 0. The Labute approximate surface area is 277 Å². The van der Waals surface area contributed by atoms with E-state index in [0.29, 0.717) is 13.2 Å². The number of allylic oxidation sites excluding steroid dienone is 3. The molecule has 0 saturated carbocycles. The summed E-state index contributed by atoms with van der Waals surface area (Å²) in [6.45, 7) is 7.01. The monoisotopic (exact) mass is 641 g/mol. The van der Waals surface area contributed by atoms with E-state index in [1.54, 1.807) is 19.4 Å². The normalized spacial score (nSPS) is 22.9. The molecule has 0 bridgehead atoms. The maximum absolute atomic E-state index is 11.0. The van der Waals surface area contributed by atoms with E-state index in [9.17, 15) is 10.2 Å². The molecule has 0 spiro atoms. The number of aliphatic hydroxyl groups excluding tert-OH is 2. The van der Waals surface area contributed by atoms with Crippen molar-refractivity contribution < 1.29 is 33.9 Å². The molecule has 1 heterocycles. The molecular weight excluding hydrogens is 568 g/mol. The molecule has 45 heavy (non-hydrogen) atoms. The van der Waals surface area contributed by atoms with Gasteiger partial charge in [0.25, 0.3) is 0 Å². The summed E-state index contributed by atoms with van der Waals surface area (Å²) in [5.41, 5.74) is 0. The van der Waals surface area contributed by atoms with Crippen molar-refractivity contribution >= 4 is 0 Å². The van der Waals surface area contributed by atoms with Gasteiger partial charge < -0.3 is 33.9 Å². The second kappa shape index (κ2) is 30.4. The average molecular weight is 641 g/mol. The lowest BCUT2D eigenvalue weighted by atomic mass is 9.98. The summed E-state index contributed by atoms with van der Waals surface area (Å²) in [4.78, 5) is 0. The van der Waals surface area contributed by atoms with Gasteiger partial charge in [-0.05, 0) is 51.9 Å². The maximum atomic E-state index is 11.0. The highest BCUT2D eigenvalue weighted by Gasteiger charge is 2.47. The Bertz CT molecular complexity index is 685. The molecule has 0 aromatic rings. The third kappa shape index (κ3) is 20.8. The SMILES string of the molecule is C/C=C/OC1O[C@H](CO)[C@@H](O)[C@H](OCC[C@@H](CCCCCCC)OC)[C@H]1OCCCCCCCCCC/C=C\CCCCCC. The highest BCUT2D eigenvalue weighted by atomic mass is 16.7. The van der Waals surface area contributed by atoms with Gasteiger partial charge in [0, 0.05) is 20.3 Å². The highest BCUT2D eigenvalue weighted by molar-refractivity contribution is 4.92. The molecule has 1 unspecified atom stereocenters. The molecule has 6 atom stereocenters. The molecule has 1 fully saturated rings. The van der Waals surface area contributed by atoms with E-state index in [2.05, 4.69) is 26.0 Å². The molecule has 0 aromatic heterocycles. The van der Waals surface area contributed by atoms with Crippen LogP contribution in [-0.2, 0) is 23.7 Å². The van der Waals surface area contributed by atoms with Crippen LogP contribution < -0.4 is 0 Å². The first-order valence-electron chi connectivity index (χ1n) is 18.7. The molecule has 0 amide bonds. The van der Waals surface area contributed by atoms with Crippen LogP contribution in [0.1, 0.15) is 156 Å². The van der Waals surface area contributed by atoms with Crippen molar-refractivity contribution in [2.75, 3.05) is 26.9 Å². The number of hydrogen-bond donors (Lipinski definition) is 2. The second-order valence-corrected chi connectivity index (χ2v) is 12.8. The van der Waals surface area contributed by atoms with Gasteiger partial charge in [-0.1, -0.05) is 122 Å². The number of aliphatic hydroxyl groups is 2. The predicted octanol–water partition coefficient (Wildman–Crippen LogP) is 9.19. The summed E-state index contributed by atoms with van der Waals surface area (Å²) in [6, 6.07) is 0. The van der Waals surface area contributed by atoms with Crippen molar-refractivity contribution in [3.8, 4) is 0 Å². The van der Waals surface area contributed by atoms with Gasteiger partial charge >= 0.3 is 0 Å². The maximum Gasteiger partial charge on any atom is 0.228 e. The third-order valence-corrected chi connectivity index (χ3v) is 8.83. The smallest absolute Gasteiger partial charge is 0.228 e. The van der Waals surface area contributed by atoms with Crippen molar-refractivity contribution in [3.05, 3.63) is 24.5 Å². The number of unbranched alkanes of at least 4 members (excludes halogenated alkanes) is 16. The number of ether oxygens (including phenoxy) is 5. The van der Waals surface area contributed by atoms with E-state index in [-0.39, 0.29) is 12.7 Å². The molecule has 266 valence electrons. The number of hydrogen-bond acceptors (Lipinski definition) is 7. The Morgan fingerprint density at radius 2 is 1.24 bits per heavy atom. The lowest BCUT2D eigenvalue weighted by Gasteiger charge is -2.43. The molecule has 1 aliphatic rings. The van der Waals surface area contributed by atoms with Crippen molar-refractivity contribution in [3.63, 3.8) is 0 Å².